The third-order valence-electron chi connectivity index (χ3n) is 2.83. The van der Waals surface area contributed by atoms with Crippen LogP contribution in [-0.2, 0) is 0 Å². The Labute approximate surface area is 95.2 Å². The van der Waals surface area contributed by atoms with E-state index in [1.807, 2.05) is 13.8 Å². The maximum Gasteiger partial charge on any atom is 0.389 e. The first-order valence-electron chi connectivity index (χ1n) is 5.83. The van der Waals surface area contributed by atoms with Gasteiger partial charge in [-0.1, -0.05) is 13.8 Å². The van der Waals surface area contributed by atoms with Crippen LogP contribution in [0.2, 0.25) is 0 Å². The molecule has 98 valence electrons. The lowest BCUT2D eigenvalue weighted by atomic mass is 9.97. The number of aliphatic hydroxyl groups is 1. The average molecular weight is 241 g/mol. The van der Waals surface area contributed by atoms with E-state index < -0.39 is 18.2 Å². The molecule has 16 heavy (non-hydrogen) atoms. The molecule has 0 heterocycles. The number of hydrogen-bond acceptors (Lipinski definition) is 2. The van der Waals surface area contributed by atoms with Crippen molar-refractivity contribution in [3.63, 3.8) is 0 Å². The van der Waals surface area contributed by atoms with Crippen LogP contribution in [0.4, 0.5) is 13.2 Å². The molecule has 2 nitrogen and oxygen atoms in total. The minimum Gasteiger partial charge on any atom is -0.389 e. The third-order valence-corrected chi connectivity index (χ3v) is 2.83. The topological polar surface area (TPSA) is 32.3 Å². The van der Waals surface area contributed by atoms with E-state index in [0.29, 0.717) is 32.4 Å². The maximum absolute atomic E-state index is 11.8. The molecule has 0 aromatic heterocycles. The zero-order valence-electron chi connectivity index (χ0n) is 10.0. The van der Waals surface area contributed by atoms with Crippen molar-refractivity contribution in [1.29, 1.82) is 0 Å². The second-order valence-electron chi connectivity index (χ2n) is 4.18. The van der Waals surface area contributed by atoms with E-state index in [1.165, 1.54) is 0 Å². The van der Waals surface area contributed by atoms with Gasteiger partial charge in [0, 0.05) is 13.0 Å². The van der Waals surface area contributed by atoms with Crippen LogP contribution in [0.25, 0.3) is 0 Å². The van der Waals surface area contributed by atoms with Crippen LogP contribution in [0, 0.1) is 0 Å². The number of halogens is 3. The van der Waals surface area contributed by atoms with Crippen molar-refractivity contribution in [3.05, 3.63) is 0 Å². The van der Waals surface area contributed by atoms with E-state index in [9.17, 15) is 18.3 Å². The van der Waals surface area contributed by atoms with E-state index in [2.05, 4.69) is 5.32 Å². The van der Waals surface area contributed by atoms with Crippen molar-refractivity contribution >= 4 is 0 Å². The van der Waals surface area contributed by atoms with E-state index in [1.54, 1.807) is 0 Å². The van der Waals surface area contributed by atoms with Crippen LogP contribution in [0.3, 0.4) is 0 Å². The van der Waals surface area contributed by atoms with Crippen molar-refractivity contribution in [3.8, 4) is 0 Å². The van der Waals surface area contributed by atoms with Gasteiger partial charge < -0.3 is 10.4 Å². The fourth-order valence-electron chi connectivity index (χ4n) is 1.40. The molecule has 0 saturated carbocycles. The van der Waals surface area contributed by atoms with Crippen molar-refractivity contribution in [1.82, 2.24) is 5.32 Å². The Morgan fingerprint density at radius 1 is 1.06 bits per heavy atom. The first kappa shape index (κ1) is 15.7. The summed E-state index contributed by atoms with van der Waals surface area (Å²) in [5.41, 5.74) is -0.718. The summed E-state index contributed by atoms with van der Waals surface area (Å²) in [7, 11) is 0. The van der Waals surface area contributed by atoms with Gasteiger partial charge in [0.15, 0.2) is 0 Å². The molecule has 0 aliphatic heterocycles. The SMILES string of the molecule is CCC(O)(CC)CNCCCCC(F)(F)F. The highest BCUT2D eigenvalue weighted by Gasteiger charge is 2.26. The quantitative estimate of drug-likeness (QED) is 0.640. The monoisotopic (exact) mass is 241 g/mol. The number of rotatable bonds is 8. The zero-order chi connectivity index (χ0) is 12.7. The van der Waals surface area contributed by atoms with Gasteiger partial charge in [-0.3, -0.25) is 0 Å². The molecular weight excluding hydrogens is 219 g/mol. The number of hydrogen-bond donors (Lipinski definition) is 2. The summed E-state index contributed by atoms with van der Waals surface area (Å²) in [4.78, 5) is 0. The molecule has 0 rings (SSSR count). The van der Waals surface area contributed by atoms with Crippen LogP contribution in [0.1, 0.15) is 46.0 Å². The van der Waals surface area contributed by atoms with Crippen molar-refractivity contribution in [2.75, 3.05) is 13.1 Å². The van der Waals surface area contributed by atoms with Gasteiger partial charge in [-0.2, -0.15) is 13.2 Å². The molecule has 2 N–H and O–H groups in total. The highest BCUT2D eigenvalue weighted by atomic mass is 19.4. The number of unbranched alkanes of at least 4 members (excludes halogenated alkanes) is 1. The largest absolute Gasteiger partial charge is 0.389 e. The number of nitrogens with one attached hydrogen (secondary N) is 1. The van der Waals surface area contributed by atoms with E-state index in [0.717, 1.165) is 0 Å². The van der Waals surface area contributed by atoms with Gasteiger partial charge in [0.25, 0.3) is 0 Å². The van der Waals surface area contributed by atoms with Gasteiger partial charge >= 0.3 is 6.18 Å². The van der Waals surface area contributed by atoms with E-state index in [-0.39, 0.29) is 6.42 Å². The maximum atomic E-state index is 11.8. The van der Waals surface area contributed by atoms with Gasteiger partial charge in [0.2, 0.25) is 0 Å². The summed E-state index contributed by atoms with van der Waals surface area (Å²) in [5, 5.41) is 12.9. The Hall–Kier alpha value is -0.290. The summed E-state index contributed by atoms with van der Waals surface area (Å²) in [6.45, 7) is 4.77. The molecule has 0 aliphatic rings. The zero-order valence-corrected chi connectivity index (χ0v) is 10.0. The molecule has 5 heteroatoms. The van der Waals surface area contributed by atoms with E-state index >= 15 is 0 Å². The normalized spacial score (nSPS) is 13.1. The molecule has 0 atom stereocenters. The van der Waals surface area contributed by atoms with Crippen molar-refractivity contribution in [2.45, 2.75) is 57.7 Å². The summed E-state index contributed by atoms with van der Waals surface area (Å²) >= 11 is 0. The summed E-state index contributed by atoms with van der Waals surface area (Å²) in [5.74, 6) is 0. The molecule has 0 fully saturated rings. The smallest absolute Gasteiger partial charge is 0.389 e. The van der Waals surface area contributed by atoms with E-state index in [4.69, 9.17) is 0 Å². The molecule has 0 radical (unpaired) electrons. The van der Waals surface area contributed by atoms with Crippen molar-refractivity contribution in [2.24, 2.45) is 0 Å². The second-order valence-corrected chi connectivity index (χ2v) is 4.18. The molecule has 0 unspecified atom stereocenters. The van der Waals surface area contributed by atoms with Crippen LogP contribution in [-0.4, -0.2) is 30.0 Å². The number of alkyl halides is 3. The summed E-state index contributed by atoms with van der Waals surface area (Å²) < 4.78 is 35.4. The first-order valence-corrected chi connectivity index (χ1v) is 5.83. The lowest BCUT2D eigenvalue weighted by molar-refractivity contribution is -0.135. The standard InChI is InChI=1S/C11H22F3NO/c1-3-10(16,4-2)9-15-8-6-5-7-11(12,13)14/h15-16H,3-9H2,1-2H3. The highest BCUT2D eigenvalue weighted by Crippen LogP contribution is 2.21. The third kappa shape index (κ3) is 7.93. The Morgan fingerprint density at radius 2 is 1.62 bits per heavy atom. The molecule has 0 saturated heterocycles. The lowest BCUT2D eigenvalue weighted by Gasteiger charge is -2.25. The predicted molar refractivity (Wildman–Crippen MR) is 58.3 cm³/mol. The molecule has 0 aromatic carbocycles. The fraction of sp³-hybridized carbons (Fsp3) is 1.00. The Bertz CT molecular complexity index is 179. The first-order chi connectivity index (χ1) is 7.33. The van der Waals surface area contributed by atoms with Crippen LogP contribution >= 0.6 is 0 Å². The Kier molecular flexibility index (Phi) is 6.99. The van der Waals surface area contributed by atoms with Crippen LogP contribution in [0.15, 0.2) is 0 Å². The molecular formula is C11H22F3NO. The summed E-state index contributed by atoms with van der Waals surface area (Å²) in [6, 6.07) is 0. The van der Waals surface area contributed by atoms with Gasteiger partial charge in [-0.05, 0) is 32.2 Å². The van der Waals surface area contributed by atoms with Gasteiger partial charge in [0.1, 0.15) is 0 Å². The van der Waals surface area contributed by atoms with Gasteiger partial charge in [-0.25, -0.2) is 0 Å². The van der Waals surface area contributed by atoms with Gasteiger partial charge in [0.05, 0.1) is 5.60 Å². The van der Waals surface area contributed by atoms with Gasteiger partial charge in [-0.15, -0.1) is 0 Å². The Morgan fingerprint density at radius 3 is 2.06 bits per heavy atom. The highest BCUT2D eigenvalue weighted by molar-refractivity contribution is 4.77. The minimum atomic E-state index is -4.05. The van der Waals surface area contributed by atoms with Crippen molar-refractivity contribution < 1.29 is 18.3 Å². The molecule has 0 amide bonds. The predicted octanol–water partition coefficient (Wildman–Crippen LogP) is 2.86. The molecule has 0 aliphatic carbocycles. The summed E-state index contributed by atoms with van der Waals surface area (Å²) in [6.07, 6.45) is -2.83. The molecule has 0 aromatic rings. The van der Waals surface area contributed by atoms with Crippen LogP contribution < -0.4 is 5.32 Å². The van der Waals surface area contributed by atoms with Crippen LogP contribution in [0.5, 0.6) is 0 Å². The average Bonchev–Trinajstić information content (AvgIpc) is 2.21. The Balaban J connectivity index is 3.47. The molecule has 0 bridgehead atoms. The minimum absolute atomic E-state index is 0.146. The lowest BCUT2D eigenvalue weighted by Crippen LogP contribution is -2.39. The molecule has 0 spiro atoms. The fourth-order valence-corrected chi connectivity index (χ4v) is 1.40. The second kappa shape index (κ2) is 7.12.